The van der Waals surface area contributed by atoms with Crippen molar-refractivity contribution in [3.8, 4) is 11.3 Å². The topological polar surface area (TPSA) is 33.5 Å². The van der Waals surface area contributed by atoms with Gasteiger partial charge in [0.05, 0.1) is 4.91 Å². The van der Waals surface area contributed by atoms with E-state index in [0.29, 0.717) is 20.0 Å². The van der Waals surface area contributed by atoms with Crippen molar-refractivity contribution in [3.05, 3.63) is 51.6 Å². The van der Waals surface area contributed by atoms with Gasteiger partial charge >= 0.3 is 0 Å². The van der Waals surface area contributed by atoms with Crippen LogP contribution >= 0.6 is 35.6 Å². The number of halogens is 1. The molecule has 1 aliphatic carbocycles. The molecule has 27 heavy (non-hydrogen) atoms. The third-order valence-electron chi connectivity index (χ3n) is 5.12. The predicted octanol–water partition coefficient (Wildman–Crippen LogP) is 6.44. The first kappa shape index (κ1) is 18.8. The molecule has 2 fully saturated rings. The molecule has 1 saturated carbocycles. The molecule has 0 spiro atoms. The van der Waals surface area contributed by atoms with Crippen LogP contribution in [0.5, 0.6) is 0 Å². The van der Waals surface area contributed by atoms with Gasteiger partial charge in [-0.3, -0.25) is 9.69 Å². The summed E-state index contributed by atoms with van der Waals surface area (Å²) in [5.41, 5.74) is 1.94. The number of thioether (sulfide) groups is 1. The van der Waals surface area contributed by atoms with Crippen LogP contribution in [0.15, 0.2) is 39.7 Å². The van der Waals surface area contributed by atoms with Gasteiger partial charge in [-0.1, -0.05) is 67.0 Å². The van der Waals surface area contributed by atoms with Gasteiger partial charge in [-0.25, -0.2) is 0 Å². The van der Waals surface area contributed by atoms with Crippen LogP contribution in [-0.4, -0.2) is 21.2 Å². The van der Waals surface area contributed by atoms with Crippen LogP contribution in [0.1, 0.15) is 43.4 Å². The van der Waals surface area contributed by atoms with Crippen LogP contribution in [-0.2, 0) is 4.79 Å². The van der Waals surface area contributed by atoms with Crippen molar-refractivity contribution in [2.75, 3.05) is 0 Å². The second-order valence-electron chi connectivity index (χ2n) is 7.01. The third-order valence-corrected chi connectivity index (χ3v) is 6.86. The summed E-state index contributed by atoms with van der Waals surface area (Å²) in [4.78, 5) is 15.3. The number of rotatable bonds is 3. The maximum absolute atomic E-state index is 12.9. The van der Waals surface area contributed by atoms with E-state index in [1.54, 1.807) is 6.08 Å². The molecule has 2 heterocycles. The van der Waals surface area contributed by atoms with Gasteiger partial charge in [0.15, 0.2) is 0 Å². The van der Waals surface area contributed by atoms with Gasteiger partial charge in [0, 0.05) is 22.7 Å². The van der Waals surface area contributed by atoms with E-state index in [0.717, 1.165) is 29.7 Å². The molecular weight excluding hydrogens is 398 g/mol. The fourth-order valence-electron chi connectivity index (χ4n) is 3.59. The lowest BCUT2D eigenvalue weighted by Crippen LogP contribution is -2.39. The molecule has 3 nitrogen and oxygen atoms in total. The quantitative estimate of drug-likeness (QED) is 0.424. The highest BCUT2D eigenvalue weighted by Crippen LogP contribution is 2.38. The smallest absolute Gasteiger partial charge is 0.266 e. The van der Waals surface area contributed by atoms with Crippen LogP contribution in [0.25, 0.3) is 17.4 Å². The lowest BCUT2D eigenvalue weighted by atomic mass is 9.94. The lowest BCUT2D eigenvalue weighted by Gasteiger charge is -2.29. The molecule has 1 aromatic carbocycles. The van der Waals surface area contributed by atoms with Crippen LogP contribution < -0.4 is 0 Å². The Morgan fingerprint density at radius 1 is 1.22 bits per heavy atom. The van der Waals surface area contributed by atoms with E-state index in [-0.39, 0.29) is 11.9 Å². The average molecular weight is 418 g/mol. The lowest BCUT2D eigenvalue weighted by molar-refractivity contribution is -0.124. The van der Waals surface area contributed by atoms with Crippen LogP contribution in [0.4, 0.5) is 0 Å². The monoisotopic (exact) mass is 417 g/mol. The number of aryl methyl sites for hydroxylation is 1. The molecule has 6 heteroatoms. The fraction of sp³-hybridized carbons (Fsp3) is 0.333. The standard InChI is InChI=1S/C21H20ClNO2S2/c1-13-7-8-14(11-17(13)22)18-10-9-16(25-18)12-19-20(24)23(21(26)27-19)15-5-3-2-4-6-15/h7-12,15H,2-6H2,1H3/b19-12+. The van der Waals surface area contributed by atoms with E-state index in [4.69, 9.17) is 28.2 Å². The number of thiocarbonyl (C=S) groups is 1. The zero-order valence-electron chi connectivity index (χ0n) is 15.0. The first-order chi connectivity index (χ1) is 13.0. The summed E-state index contributed by atoms with van der Waals surface area (Å²) in [7, 11) is 0. The van der Waals surface area contributed by atoms with E-state index in [1.807, 2.05) is 42.2 Å². The predicted molar refractivity (Wildman–Crippen MR) is 116 cm³/mol. The molecule has 0 N–H and O–H groups in total. The Bertz CT molecular complexity index is 928. The van der Waals surface area contributed by atoms with E-state index in [9.17, 15) is 4.79 Å². The molecule has 2 aliphatic rings. The van der Waals surface area contributed by atoms with Gasteiger partial charge in [0.1, 0.15) is 15.8 Å². The number of benzene rings is 1. The summed E-state index contributed by atoms with van der Waals surface area (Å²) in [6.45, 7) is 1.97. The van der Waals surface area contributed by atoms with Crippen LogP contribution in [0, 0.1) is 6.92 Å². The zero-order chi connectivity index (χ0) is 19.0. The maximum Gasteiger partial charge on any atom is 0.266 e. The van der Waals surface area contributed by atoms with E-state index < -0.39 is 0 Å². The van der Waals surface area contributed by atoms with Crippen LogP contribution in [0.2, 0.25) is 5.02 Å². The first-order valence-electron chi connectivity index (χ1n) is 9.16. The van der Waals surface area contributed by atoms with Crippen molar-refractivity contribution in [1.82, 2.24) is 4.90 Å². The number of amides is 1. The molecule has 1 aliphatic heterocycles. The zero-order valence-corrected chi connectivity index (χ0v) is 17.4. The van der Waals surface area contributed by atoms with Crippen molar-refractivity contribution in [2.24, 2.45) is 0 Å². The third kappa shape index (κ3) is 3.86. The molecule has 2 aromatic rings. The molecule has 4 rings (SSSR count). The Morgan fingerprint density at radius 2 is 2.00 bits per heavy atom. The normalized spacial score (nSPS) is 20.1. The van der Waals surface area contributed by atoms with E-state index >= 15 is 0 Å². The molecule has 0 unspecified atom stereocenters. The SMILES string of the molecule is Cc1ccc(-c2ccc(/C=C3/SC(=S)N(C4CCCCC4)C3=O)o2)cc1Cl. The fourth-order valence-corrected chi connectivity index (χ4v) is 5.16. The van der Waals surface area contributed by atoms with E-state index in [2.05, 4.69) is 0 Å². The number of hydrogen-bond acceptors (Lipinski definition) is 4. The summed E-state index contributed by atoms with van der Waals surface area (Å²) < 4.78 is 6.59. The summed E-state index contributed by atoms with van der Waals surface area (Å²) in [5.74, 6) is 1.38. The van der Waals surface area contributed by atoms with Gasteiger partial charge in [-0.05, 0) is 43.5 Å². The molecule has 140 valence electrons. The second kappa shape index (κ2) is 7.82. The van der Waals surface area contributed by atoms with Crippen molar-refractivity contribution in [1.29, 1.82) is 0 Å². The molecule has 0 atom stereocenters. The number of hydrogen-bond donors (Lipinski definition) is 0. The van der Waals surface area contributed by atoms with Gasteiger partial charge in [-0.2, -0.15) is 0 Å². The van der Waals surface area contributed by atoms with Crippen molar-refractivity contribution < 1.29 is 9.21 Å². The molecule has 1 amide bonds. The minimum atomic E-state index is 0.00762. The molecule has 0 bridgehead atoms. The Balaban J connectivity index is 1.55. The highest BCUT2D eigenvalue weighted by molar-refractivity contribution is 8.26. The number of nitrogens with zero attached hydrogens (tertiary/aromatic N) is 1. The number of carbonyl (C=O) groups is 1. The summed E-state index contributed by atoms with van der Waals surface area (Å²) in [5, 5.41) is 0.707. The summed E-state index contributed by atoms with van der Waals surface area (Å²) in [6, 6.07) is 9.85. The Hall–Kier alpha value is -1.56. The summed E-state index contributed by atoms with van der Waals surface area (Å²) >= 11 is 13.1. The molecule has 1 aromatic heterocycles. The van der Waals surface area contributed by atoms with Crippen molar-refractivity contribution in [2.45, 2.75) is 45.1 Å². The first-order valence-corrected chi connectivity index (χ1v) is 10.8. The molecule has 0 radical (unpaired) electrons. The van der Waals surface area contributed by atoms with Gasteiger partial charge < -0.3 is 4.42 Å². The van der Waals surface area contributed by atoms with Gasteiger partial charge in [0.2, 0.25) is 0 Å². The van der Waals surface area contributed by atoms with Gasteiger partial charge in [-0.15, -0.1) is 0 Å². The Kier molecular flexibility index (Phi) is 5.44. The van der Waals surface area contributed by atoms with Crippen molar-refractivity contribution in [3.63, 3.8) is 0 Å². The molecule has 1 saturated heterocycles. The molecular formula is C21H20ClNO2S2. The minimum absolute atomic E-state index is 0.00762. The number of furan rings is 1. The van der Waals surface area contributed by atoms with Gasteiger partial charge in [0.25, 0.3) is 5.91 Å². The second-order valence-corrected chi connectivity index (χ2v) is 9.09. The minimum Gasteiger partial charge on any atom is -0.457 e. The van der Waals surface area contributed by atoms with Crippen LogP contribution in [0.3, 0.4) is 0 Å². The number of carbonyl (C=O) groups excluding carboxylic acids is 1. The largest absolute Gasteiger partial charge is 0.457 e. The van der Waals surface area contributed by atoms with E-state index in [1.165, 1.54) is 31.0 Å². The summed E-state index contributed by atoms with van der Waals surface area (Å²) in [6.07, 6.45) is 7.46. The Labute approximate surface area is 173 Å². The highest BCUT2D eigenvalue weighted by atomic mass is 35.5. The highest BCUT2D eigenvalue weighted by Gasteiger charge is 2.37. The van der Waals surface area contributed by atoms with Crippen molar-refractivity contribution >= 4 is 51.9 Å². The average Bonchev–Trinajstić information content (AvgIpc) is 3.23. The Morgan fingerprint density at radius 3 is 2.74 bits per heavy atom. The maximum atomic E-state index is 12.9.